The van der Waals surface area contributed by atoms with Gasteiger partial charge in [-0.2, -0.15) is 12.6 Å². The Balaban J connectivity index is 0. The molecule has 4 heteroatoms. The molecule has 0 saturated heterocycles. The first-order valence-corrected chi connectivity index (χ1v) is 10.4. The van der Waals surface area contributed by atoms with E-state index in [1.807, 2.05) is 0 Å². The zero-order valence-corrected chi connectivity index (χ0v) is 13.7. The first-order valence-electron chi connectivity index (χ1n) is 5.72. The molecule has 0 spiro atoms. The van der Waals surface area contributed by atoms with Crippen LogP contribution >= 0.6 is 12.6 Å². The molecule has 0 heterocycles. The number of thiol groups is 1. The molecule has 0 aliphatic carbocycles. The Kier molecular flexibility index (Phi) is 20.4. The third-order valence-electron chi connectivity index (χ3n) is 1.74. The number of carboxylic acid groups (broad SMARTS) is 1. The fourth-order valence-electron chi connectivity index (χ4n) is 0.824. The fraction of sp³-hybridized carbons (Fsp3) is 0.909. The van der Waals surface area contributed by atoms with Gasteiger partial charge in [0.1, 0.15) is 0 Å². The second-order valence-electron chi connectivity index (χ2n) is 3.32. The third kappa shape index (κ3) is 25.2. The molecule has 0 aromatic carbocycles. The van der Waals surface area contributed by atoms with Crippen LogP contribution in [0.1, 0.15) is 46.0 Å². The molecule has 0 atom stereocenters. The van der Waals surface area contributed by atoms with Gasteiger partial charge >= 0.3 is 75.5 Å². The summed E-state index contributed by atoms with van der Waals surface area (Å²) in [5, 5.41) is 7.86. The van der Waals surface area contributed by atoms with Gasteiger partial charge in [0.15, 0.2) is 0 Å². The Bertz CT molecular complexity index is 126. The van der Waals surface area contributed by atoms with E-state index in [1.165, 1.54) is 25.7 Å². The summed E-state index contributed by atoms with van der Waals surface area (Å²) in [5.74, 6) is -0.361. The molecule has 0 aromatic heterocycles. The van der Waals surface area contributed by atoms with Crippen molar-refractivity contribution < 1.29 is 9.90 Å². The van der Waals surface area contributed by atoms with Crippen molar-refractivity contribution in [1.82, 2.24) is 0 Å². The maximum absolute atomic E-state index is 9.55. The van der Waals surface area contributed by atoms with Crippen molar-refractivity contribution in [2.45, 2.75) is 54.8 Å². The second kappa shape index (κ2) is 17.0. The Morgan fingerprint density at radius 2 is 1.67 bits per heavy atom. The fourth-order valence-corrected chi connectivity index (χ4v) is 5.17. The molecule has 0 bridgehead atoms. The number of carboxylic acids is 1. The van der Waals surface area contributed by atoms with Gasteiger partial charge in [-0.25, -0.2) is 0 Å². The number of unbranched alkanes of at least 4 members (excludes halogenated alkanes) is 2. The summed E-state index contributed by atoms with van der Waals surface area (Å²) in [5.41, 5.74) is 0. The Labute approximate surface area is 110 Å². The topological polar surface area (TPSA) is 37.3 Å². The molecule has 2 radical (unpaired) electrons. The summed E-state index contributed by atoms with van der Waals surface area (Å²) in [6.45, 7) is 4.58. The largest absolute Gasteiger partial charge is 0.481 e. The van der Waals surface area contributed by atoms with Gasteiger partial charge in [-0.05, 0) is 0 Å². The molecule has 90 valence electrons. The average molecular weight is 339 g/mol. The van der Waals surface area contributed by atoms with Crippen LogP contribution < -0.4 is 0 Å². The minimum absolute atomic E-state index is 0.149. The summed E-state index contributed by atoms with van der Waals surface area (Å²) in [4.78, 5) is 9.55. The van der Waals surface area contributed by atoms with Gasteiger partial charge in [0.2, 0.25) is 0 Å². The van der Waals surface area contributed by atoms with E-state index in [0.29, 0.717) is 5.75 Å². The van der Waals surface area contributed by atoms with E-state index in [0.717, 1.165) is 0 Å². The SMILES string of the molecule is CCC[CH2][Sn][CH2]CCC.O=C(O)CCS. The van der Waals surface area contributed by atoms with Crippen LogP contribution in [0.4, 0.5) is 0 Å². The molecule has 15 heavy (non-hydrogen) atoms. The Hall–Kier alpha value is 0.619. The van der Waals surface area contributed by atoms with Gasteiger partial charge in [0, 0.05) is 5.75 Å². The number of aliphatic carboxylic acids is 1. The van der Waals surface area contributed by atoms with Crippen LogP contribution in [0.25, 0.3) is 0 Å². The van der Waals surface area contributed by atoms with Gasteiger partial charge < -0.3 is 5.11 Å². The van der Waals surface area contributed by atoms with Crippen molar-refractivity contribution in [3.05, 3.63) is 0 Å². The third-order valence-corrected chi connectivity index (χ3v) is 6.00. The Morgan fingerprint density at radius 1 is 1.20 bits per heavy atom. The van der Waals surface area contributed by atoms with Crippen LogP contribution in [0.15, 0.2) is 0 Å². The van der Waals surface area contributed by atoms with Crippen molar-refractivity contribution in [3.8, 4) is 0 Å². The van der Waals surface area contributed by atoms with Gasteiger partial charge in [0.25, 0.3) is 0 Å². The van der Waals surface area contributed by atoms with Crippen molar-refractivity contribution in [1.29, 1.82) is 0 Å². The number of rotatable bonds is 8. The van der Waals surface area contributed by atoms with Crippen LogP contribution in [-0.2, 0) is 4.79 Å². The van der Waals surface area contributed by atoms with Gasteiger partial charge in [-0.3, -0.25) is 4.79 Å². The summed E-state index contributed by atoms with van der Waals surface area (Å²) in [6, 6.07) is 0. The van der Waals surface area contributed by atoms with Crippen molar-refractivity contribution in [2.75, 3.05) is 5.75 Å². The summed E-state index contributed by atoms with van der Waals surface area (Å²) in [6.07, 6.45) is 5.99. The molecule has 0 rings (SSSR count). The van der Waals surface area contributed by atoms with E-state index in [1.54, 1.807) is 8.87 Å². The molecular weight excluding hydrogens is 315 g/mol. The van der Waals surface area contributed by atoms with Crippen LogP contribution in [-0.4, -0.2) is 38.0 Å². The summed E-state index contributed by atoms with van der Waals surface area (Å²) >= 11 is 3.83. The number of carbonyl (C=O) groups is 1. The molecule has 0 fully saturated rings. The van der Waals surface area contributed by atoms with Gasteiger partial charge in [-0.1, -0.05) is 0 Å². The van der Waals surface area contributed by atoms with E-state index >= 15 is 0 Å². The normalized spacial score (nSPS) is 9.27. The zero-order valence-electron chi connectivity index (χ0n) is 9.96. The number of hydrogen-bond donors (Lipinski definition) is 2. The monoisotopic (exact) mass is 340 g/mol. The molecule has 0 aliphatic rings. The molecule has 0 unspecified atom stereocenters. The predicted octanol–water partition coefficient (Wildman–Crippen LogP) is 3.52. The minimum Gasteiger partial charge on any atom is -0.481 e. The predicted molar refractivity (Wildman–Crippen MR) is 71.3 cm³/mol. The van der Waals surface area contributed by atoms with Crippen molar-refractivity contribution in [3.63, 3.8) is 0 Å². The first-order chi connectivity index (χ1) is 7.18. The van der Waals surface area contributed by atoms with Crippen molar-refractivity contribution in [2.24, 2.45) is 0 Å². The summed E-state index contributed by atoms with van der Waals surface area (Å²) < 4.78 is 3.25. The van der Waals surface area contributed by atoms with Crippen LogP contribution in [0.3, 0.4) is 0 Å². The van der Waals surface area contributed by atoms with Crippen LogP contribution in [0, 0.1) is 0 Å². The van der Waals surface area contributed by atoms with E-state index in [9.17, 15) is 4.79 Å². The van der Waals surface area contributed by atoms with Gasteiger partial charge in [-0.15, -0.1) is 0 Å². The molecule has 0 aliphatic heterocycles. The molecule has 2 nitrogen and oxygen atoms in total. The zero-order chi connectivity index (χ0) is 11.9. The smallest absolute Gasteiger partial charge is 0.304 e. The minimum atomic E-state index is -0.787. The number of hydrogen-bond acceptors (Lipinski definition) is 2. The molecular formula is C11H24O2SSn. The van der Waals surface area contributed by atoms with E-state index < -0.39 is 5.97 Å². The maximum Gasteiger partial charge on any atom is 0.304 e. The molecule has 1 N–H and O–H groups in total. The second-order valence-corrected chi connectivity index (χ2v) is 8.05. The van der Waals surface area contributed by atoms with Crippen LogP contribution in [0.2, 0.25) is 8.87 Å². The average Bonchev–Trinajstić information content (AvgIpc) is 2.18. The molecule has 0 amide bonds. The quantitative estimate of drug-likeness (QED) is 0.403. The van der Waals surface area contributed by atoms with E-state index in [-0.39, 0.29) is 27.6 Å². The van der Waals surface area contributed by atoms with Gasteiger partial charge in [0.05, 0.1) is 6.42 Å². The van der Waals surface area contributed by atoms with Crippen LogP contribution in [0.5, 0.6) is 0 Å². The molecule has 0 aromatic rings. The van der Waals surface area contributed by atoms with E-state index in [4.69, 9.17) is 5.11 Å². The van der Waals surface area contributed by atoms with E-state index in [2.05, 4.69) is 26.5 Å². The summed E-state index contributed by atoms with van der Waals surface area (Å²) in [7, 11) is 0. The molecule has 0 saturated carbocycles. The maximum atomic E-state index is 9.55. The first kappa shape index (κ1) is 18.0. The standard InChI is InChI=1S/2C4H9.C3H6O2S.Sn/c2*1-3-4-2;4-3(5)1-2-6;/h2*1,3-4H2,2H3;6H,1-2H2,(H,4,5);. The van der Waals surface area contributed by atoms with Crippen molar-refractivity contribution >= 4 is 39.7 Å². The Morgan fingerprint density at radius 3 is 1.87 bits per heavy atom.